The van der Waals surface area contributed by atoms with Crippen LogP contribution in [0.15, 0.2) is 12.4 Å². The maximum Gasteiger partial charge on any atom is 0.251 e. The van der Waals surface area contributed by atoms with Gasteiger partial charge in [0.25, 0.3) is 10.0 Å². The first-order valence-corrected chi connectivity index (χ1v) is 5.55. The lowest BCUT2D eigenvalue weighted by molar-refractivity contribution is 0.592. The maximum atomic E-state index is 11.5. The van der Waals surface area contributed by atoms with E-state index >= 15 is 0 Å². The molecule has 1 aromatic heterocycles. The van der Waals surface area contributed by atoms with E-state index in [4.69, 9.17) is 5.26 Å². The van der Waals surface area contributed by atoms with Crippen molar-refractivity contribution in [2.45, 2.75) is 18.6 Å². The van der Waals surface area contributed by atoms with Gasteiger partial charge in [0.05, 0.1) is 6.07 Å². The van der Waals surface area contributed by atoms with Gasteiger partial charge in [0.1, 0.15) is 0 Å². The van der Waals surface area contributed by atoms with Crippen LogP contribution in [-0.4, -0.2) is 23.6 Å². The van der Waals surface area contributed by atoms with Gasteiger partial charge in [-0.2, -0.15) is 5.26 Å². The average Bonchev–Trinajstić information content (AvgIpc) is 2.57. The maximum absolute atomic E-state index is 11.5. The Bertz CT molecular complexity index is 417. The van der Waals surface area contributed by atoms with Crippen LogP contribution in [0.5, 0.6) is 0 Å². The molecule has 0 aliphatic heterocycles. The Hall–Kier alpha value is -1.55. The number of hydrogen-bond donors (Lipinski definition) is 2. The number of anilines is 1. The Morgan fingerprint density at radius 3 is 2.93 bits per heavy atom. The van der Waals surface area contributed by atoms with Crippen molar-refractivity contribution < 1.29 is 8.42 Å². The number of imidazole rings is 1. The fourth-order valence-electron chi connectivity index (χ4n) is 0.907. The summed E-state index contributed by atoms with van der Waals surface area (Å²) >= 11 is 0. The monoisotopic (exact) mass is 214 g/mol. The van der Waals surface area contributed by atoms with Crippen molar-refractivity contribution >= 4 is 16.0 Å². The third kappa shape index (κ3) is 2.23. The quantitative estimate of drug-likeness (QED) is 0.760. The Kier molecular flexibility index (Phi) is 3.09. The van der Waals surface area contributed by atoms with Crippen LogP contribution in [0.4, 0.5) is 5.95 Å². The molecule has 1 rings (SSSR count). The number of sulfonamides is 1. The summed E-state index contributed by atoms with van der Waals surface area (Å²) in [5, 5.41) is 7.54. The second-order valence-electron chi connectivity index (χ2n) is 2.61. The molecule has 0 fully saturated rings. The van der Waals surface area contributed by atoms with Crippen LogP contribution in [0, 0.1) is 11.3 Å². The summed E-state index contributed by atoms with van der Waals surface area (Å²) in [5.41, 5.74) is 0. The first kappa shape index (κ1) is 10.5. The molecule has 0 bridgehead atoms. The largest absolute Gasteiger partial charge is 0.330 e. The summed E-state index contributed by atoms with van der Waals surface area (Å²) in [6.07, 6.45) is 3.16. The van der Waals surface area contributed by atoms with E-state index in [9.17, 15) is 8.42 Å². The summed E-state index contributed by atoms with van der Waals surface area (Å²) in [5.74, 6) is 0.124. The molecule has 0 aliphatic carbocycles. The molecular formula is C7H10N4O2S. The standard InChI is InChI=1S/C7H10N4O2S/c1-2-6(5-8)14(12,13)11-7-9-3-4-10-7/h3-4,6H,2H2,1H3,(H2,9,10,11). The van der Waals surface area contributed by atoms with E-state index in [0.29, 0.717) is 0 Å². The molecule has 0 amide bonds. The number of nitrogens with zero attached hydrogens (tertiary/aromatic N) is 2. The summed E-state index contributed by atoms with van der Waals surface area (Å²) in [7, 11) is -3.65. The van der Waals surface area contributed by atoms with Crippen molar-refractivity contribution in [3.05, 3.63) is 12.4 Å². The predicted molar refractivity (Wildman–Crippen MR) is 50.8 cm³/mol. The van der Waals surface area contributed by atoms with Gasteiger partial charge in [0, 0.05) is 12.4 Å². The van der Waals surface area contributed by atoms with E-state index in [1.54, 1.807) is 13.0 Å². The van der Waals surface area contributed by atoms with Crippen molar-refractivity contribution in [2.24, 2.45) is 0 Å². The first-order valence-electron chi connectivity index (χ1n) is 4.00. The average molecular weight is 214 g/mol. The minimum Gasteiger partial charge on any atom is -0.330 e. The summed E-state index contributed by atoms with van der Waals surface area (Å²) in [6, 6.07) is 1.71. The minimum atomic E-state index is -3.65. The normalized spacial score (nSPS) is 13.1. The highest BCUT2D eigenvalue weighted by Gasteiger charge is 2.23. The molecule has 0 saturated carbocycles. The summed E-state index contributed by atoms with van der Waals surface area (Å²) < 4.78 is 25.1. The van der Waals surface area contributed by atoms with Gasteiger partial charge >= 0.3 is 0 Å². The number of nitrogens with one attached hydrogen (secondary N) is 2. The molecule has 76 valence electrons. The third-order valence-electron chi connectivity index (χ3n) is 1.63. The van der Waals surface area contributed by atoms with Crippen LogP contribution in [0.1, 0.15) is 13.3 Å². The molecule has 0 aliphatic rings. The Morgan fingerprint density at radius 1 is 1.79 bits per heavy atom. The number of H-pyrrole nitrogens is 1. The van der Waals surface area contributed by atoms with E-state index in [2.05, 4.69) is 14.7 Å². The van der Waals surface area contributed by atoms with Crippen molar-refractivity contribution in [3.63, 3.8) is 0 Å². The molecule has 6 nitrogen and oxygen atoms in total. The molecule has 1 atom stereocenters. The molecule has 0 spiro atoms. The lowest BCUT2D eigenvalue weighted by Gasteiger charge is -2.08. The van der Waals surface area contributed by atoms with Gasteiger partial charge in [-0.1, -0.05) is 6.92 Å². The molecule has 1 heterocycles. The van der Waals surface area contributed by atoms with Gasteiger partial charge in [-0.25, -0.2) is 13.4 Å². The van der Waals surface area contributed by atoms with Crippen molar-refractivity contribution in [1.82, 2.24) is 9.97 Å². The second-order valence-corrected chi connectivity index (χ2v) is 4.47. The Balaban J connectivity index is 2.83. The van der Waals surface area contributed by atoms with E-state index in [1.807, 2.05) is 0 Å². The van der Waals surface area contributed by atoms with Gasteiger partial charge in [-0.3, -0.25) is 4.72 Å². The third-order valence-corrected chi connectivity index (χ3v) is 3.29. The van der Waals surface area contributed by atoms with Crippen LogP contribution >= 0.6 is 0 Å². The SMILES string of the molecule is CCC(C#N)S(=O)(=O)Nc1ncc[nH]1. The number of rotatable bonds is 4. The van der Waals surface area contributed by atoms with E-state index in [0.717, 1.165) is 0 Å². The van der Waals surface area contributed by atoms with Gasteiger partial charge in [0.2, 0.25) is 5.95 Å². The molecule has 1 aromatic rings. The number of nitriles is 1. The zero-order valence-electron chi connectivity index (χ0n) is 7.56. The van der Waals surface area contributed by atoms with Gasteiger partial charge in [-0.05, 0) is 6.42 Å². The first-order chi connectivity index (χ1) is 6.60. The number of hydrogen-bond acceptors (Lipinski definition) is 4. The van der Waals surface area contributed by atoms with E-state index in [-0.39, 0.29) is 12.4 Å². The van der Waals surface area contributed by atoms with Crippen LogP contribution in [0.3, 0.4) is 0 Å². The van der Waals surface area contributed by atoms with Gasteiger partial charge in [-0.15, -0.1) is 0 Å². The fourth-order valence-corrected chi connectivity index (χ4v) is 2.01. The lowest BCUT2D eigenvalue weighted by Crippen LogP contribution is -2.26. The highest BCUT2D eigenvalue weighted by atomic mass is 32.2. The van der Waals surface area contributed by atoms with Gasteiger partial charge < -0.3 is 4.98 Å². The zero-order valence-corrected chi connectivity index (χ0v) is 8.37. The van der Waals surface area contributed by atoms with Crippen LogP contribution in [-0.2, 0) is 10.0 Å². The Morgan fingerprint density at radius 2 is 2.50 bits per heavy atom. The molecular weight excluding hydrogens is 204 g/mol. The Labute approximate surface area is 82.0 Å². The van der Waals surface area contributed by atoms with E-state index < -0.39 is 15.3 Å². The summed E-state index contributed by atoms with van der Waals surface area (Å²) in [4.78, 5) is 6.28. The molecule has 1 unspecified atom stereocenters. The molecule has 2 N–H and O–H groups in total. The van der Waals surface area contributed by atoms with Crippen molar-refractivity contribution in [1.29, 1.82) is 5.26 Å². The highest BCUT2D eigenvalue weighted by molar-refractivity contribution is 7.93. The molecule has 7 heteroatoms. The number of aromatic amines is 1. The summed E-state index contributed by atoms with van der Waals surface area (Å²) in [6.45, 7) is 1.63. The van der Waals surface area contributed by atoms with Crippen molar-refractivity contribution in [3.8, 4) is 6.07 Å². The zero-order chi connectivity index (χ0) is 10.6. The highest BCUT2D eigenvalue weighted by Crippen LogP contribution is 2.08. The van der Waals surface area contributed by atoms with Crippen LogP contribution in [0.25, 0.3) is 0 Å². The topological polar surface area (TPSA) is 98.6 Å². The van der Waals surface area contributed by atoms with Crippen LogP contribution in [0.2, 0.25) is 0 Å². The van der Waals surface area contributed by atoms with E-state index in [1.165, 1.54) is 12.4 Å². The molecule has 0 radical (unpaired) electrons. The lowest BCUT2D eigenvalue weighted by atomic mass is 10.4. The minimum absolute atomic E-state index is 0.124. The molecule has 0 saturated heterocycles. The van der Waals surface area contributed by atoms with Gasteiger partial charge in [0.15, 0.2) is 5.25 Å². The molecule has 0 aromatic carbocycles. The molecule has 14 heavy (non-hydrogen) atoms. The smallest absolute Gasteiger partial charge is 0.251 e. The second kappa shape index (κ2) is 4.11. The number of aromatic nitrogens is 2. The predicted octanol–water partition coefficient (Wildman–Crippen LogP) is 0.454. The van der Waals surface area contributed by atoms with Crippen LogP contribution < -0.4 is 4.72 Å². The fraction of sp³-hybridized carbons (Fsp3) is 0.429. The van der Waals surface area contributed by atoms with Crippen molar-refractivity contribution in [2.75, 3.05) is 4.72 Å².